The largest absolute Gasteiger partial charge is 0.481 e. The smallest absolute Gasteiger partial charge is 0.303 e. The second-order valence-electron chi connectivity index (χ2n) is 7.86. The van der Waals surface area contributed by atoms with Crippen molar-refractivity contribution in [3.05, 3.63) is 44.1 Å². The van der Waals surface area contributed by atoms with Gasteiger partial charge in [-0.2, -0.15) is 0 Å². The van der Waals surface area contributed by atoms with Crippen molar-refractivity contribution in [2.24, 2.45) is 17.8 Å². The Labute approximate surface area is 197 Å². The van der Waals surface area contributed by atoms with Gasteiger partial charge in [-0.15, -0.1) is 11.3 Å². The maximum Gasteiger partial charge on any atom is 0.303 e. The monoisotopic (exact) mass is 514 g/mol. The van der Waals surface area contributed by atoms with Gasteiger partial charge in [-0.1, -0.05) is 42.2 Å². The van der Waals surface area contributed by atoms with Crippen molar-refractivity contribution >= 4 is 52.7 Å². The predicted octanol–water partition coefficient (Wildman–Crippen LogP) is 5.41. The Morgan fingerprint density at radius 3 is 2.83 bits per heavy atom. The molecule has 4 nitrogen and oxygen atoms in total. The number of thiophene rings is 1. The van der Waals surface area contributed by atoms with E-state index in [0.717, 1.165) is 32.9 Å². The van der Waals surface area contributed by atoms with Crippen LogP contribution in [0.25, 0.3) is 0 Å². The van der Waals surface area contributed by atoms with Crippen LogP contribution in [-0.2, 0) is 11.2 Å². The van der Waals surface area contributed by atoms with Gasteiger partial charge in [0.15, 0.2) is 0 Å². The zero-order chi connectivity index (χ0) is 22.1. The Hall–Kier alpha value is -0.595. The highest BCUT2D eigenvalue weighted by Crippen LogP contribution is 2.42. The highest BCUT2D eigenvalue weighted by atomic mass is 79.9. The Kier molecular flexibility index (Phi) is 11.2. The van der Waals surface area contributed by atoms with Crippen molar-refractivity contribution in [1.29, 1.82) is 0 Å². The number of carboxylic acids is 1. The van der Waals surface area contributed by atoms with Gasteiger partial charge in [-0.05, 0) is 78.3 Å². The minimum absolute atomic E-state index is 0.0600. The summed E-state index contributed by atoms with van der Waals surface area (Å²) in [5.41, 5.74) is 0. The van der Waals surface area contributed by atoms with Crippen molar-refractivity contribution in [2.75, 3.05) is 0 Å². The summed E-state index contributed by atoms with van der Waals surface area (Å²) in [7, 11) is 5.93. The second-order valence-corrected chi connectivity index (χ2v) is 10.5. The number of carboxylic acid groups (broad SMARTS) is 1. The van der Waals surface area contributed by atoms with E-state index in [2.05, 4.69) is 15.9 Å². The highest BCUT2D eigenvalue weighted by Gasteiger charge is 2.39. The number of aliphatic hydroxyl groups is 2. The second kappa shape index (κ2) is 13.1. The fraction of sp³-hybridized carbons (Fsp3) is 0.591. The molecule has 1 aliphatic carbocycles. The molecule has 1 aliphatic rings. The fourth-order valence-electron chi connectivity index (χ4n) is 4.02. The van der Waals surface area contributed by atoms with Crippen LogP contribution < -0.4 is 0 Å². The molecule has 5 atom stereocenters. The lowest BCUT2D eigenvalue weighted by Crippen LogP contribution is -2.19. The summed E-state index contributed by atoms with van der Waals surface area (Å²) in [6.07, 6.45) is 11.7. The normalized spacial score (nSPS) is 25.5. The van der Waals surface area contributed by atoms with Gasteiger partial charge in [0.25, 0.3) is 0 Å². The number of aryl methyl sites for hydroxylation is 1. The SMILES string of the molecule is [B]C[C@@H]1CC(O)[C@H](CC=CCCCC(=O)O)[C@H]1C=C[C@@H](O)CCc1cc(Br)c(Cl)s1. The Balaban J connectivity index is 1.88. The Bertz CT molecular complexity index is 719. The van der Waals surface area contributed by atoms with E-state index in [0.29, 0.717) is 25.6 Å². The van der Waals surface area contributed by atoms with Crippen LogP contribution in [0.15, 0.2) is 34.8 Å². The summed E-state index contributed by atoms with van der Waals surface area (Å²) < 4.78 is 1.61. The number of rotatable bonds is 12. The van der Waals surface area contributed by atoms with E-state index in [4.69, 9.17) is 24.6 Å². The molecular weight excluding hydrogens is 486 g/mol. The molecule has 2 radical (unpaired) electrons. The van der Waals surface area contributed by atoms with Crippen LogP contribution in [0.3, 0.4) is 0 Å². The fourth-order valence-corrected chi connectivity index (χ4v) is 5.82. The summed E-state index contributed by atoms with van der Waals surface area (Å²) in [6.45, 7) is 0. The van der Waals surface area contributed by atoms with Crippen LogP contribution in [-0.4, -0.2) is 41.3 Å². The van der Waals surface area contributed by atoms with Gasteiger partial charge in [-0.3, -0.25) is 4.79 Å². The molecule has 0 bridgehead atoms. The number of allylic oxidation sites excluding steroid dienone is 3. The number of aliphatic carboxylic acids is 1. The van der Waals surface area contributed by atoms with Gasteiger partial charge < -0.3 is 15.3 Å². The molecule has 1 aromatic rings. The first-order valence-corrected chi connectivity index (χ1v) is 12.4. The van der Waals surface area contributed by atoms with E-state index in [-0.39, 0.29) is 24.2 Å². The summed E-state index contributed by atoms with van der Waals surface area (Å²) in [5, 5.41) is 29.6. The molecule has 30 heavy (non-hydrogen) atoms. The minimum Gasteiger partial charge on any atom is -0.481 e. The molecule has 1 fully saturated rings. The lowest BCUT2D eigenvalue weighted by molar-refractivity contribution is -0.137. The summed E-state index contributed by atoms with van der Waals surface area (Å²) in [6, 6.07) is 1.99. The van der Waals surface area contributed by atoms with E-state index >= 15 is 0 Å². The van der Waals surface area contributed by atoms with Gasteiger partial charge in [0.05, 0.1) is 20.1 Å². The number of aliphatic hydroxyl groups excluding tert-OH is 2. The lowest BCUT2D eigenvalue weighted by atomic mass is 9.80. The van der Waals surface area contributed by atoms with Crippen molar-refractivity contribution in [3.63, 3.8) is 0 Å². The first-order valence-electron chi connectivity index (χ1n) is 10.4. The van der Waals surface area contributed by atoms with Crippen molar-refractivity contribution in [3.8, 4) is 0 Å². The van der Waals surface area contributed by atoms with Crippen LogP contribution in [0.1, 0.15) is 43.4 Å². The molecule has 0 saturated heterocycles. The Morgan fingerprint density at radius 1 is 1.43 bits per heavy atom. The third-order valence-electron chi connectivity index (χ3n) is 5.65. The van der Waals surface area contributed by atoms with Crippen LogP contribution >= 0.6 is 38.9 Å². The quantitative estimate of drug-likeness (QED) is 0.197. The molecular formula is C22H29BBrClO4S. The number of hydrogen-bond acceptors (Lipinski definition) is 4. The van der Waals surface area contributed by atoms with E-state index in [1.165, 1.54) is 11.3 Å². The van der Waals surface area contributed by atoms with Gasteiger partial charge in [-0.25, -0.2) is 0 Å². The summed E-state index contributed by atoms with van der Waals surface area (Å²) in [5.74, 6) is -0.404. The molecule has 2 rings (SSSR count). The molecule has 0 amide bonds. The van der Waals surface area contributed by atoms with Crippen LogP contribution in [0.4, 0.5) is 0 Å². The molecule has 1 unspecified atom stereocenters. The highest BCUT2D eigenvalue weighted by molar-refractivity contribution is 9.10. The molecule has 3 N–H and O–H groups in total. The van der Waals surface area contributed by atoms with Crippen molar-refractivity contribution in [1.82, 2.24) is 0 Å². The molecule has 8 heteroatoms. The van der Waals surface area contributed by atoms with Crippen LogP contribution in [0.5, 0.6) is 0 Å². The standard InChI is InChI=1S/C22H29BBrClO4S/c23-13-14-11-20(27)18(5-3-1-2-4-6-21(28)29)17(14)10-8-15(26)7-9-16-12-19(24)22(25)30-16/h1,3,8,10,12,14-15,17-18,20,26-27H,2,4-7,9,11,13H2,(H,28,29)/t14-,15-,17-,18+,20?/m0/s1. The maximum atomic E-state index is 10.6. The van der Waals surface area contributed by atoms with Gasteiger partial charge in [0.1, 0.15) is 4.34 Å². The molecule has 0 spiro atoms. The Morgan fingerprint density at radius 2 is 2.20 bits per heavy atom. The predicted molar refractivity (Wildman–Crippen MR) is 127 cm³/mol. The number of halogens is 2. The first-order chi connectivity index (χ1) is 14.3. The topological polar surface area (TPSA) is 77.8 Å². The molecule has 1 heterocycles. The van der Waals surface area contributed by atoms with Gasteiger partial charge in [0, 0.05) is 15.8 Å². The zero-order valence-electron chi connectivity index (χ0n) is 16.9. The molecule has 0 aliphatic heterocycles. The third kappa shape index (κ3) is 8.15. The van der Waals surface area contributed by atoms with Crippen molar-refractivity contribution < 1.29 is 20.1 Å². The number of unbranched alkanes of at least 4 members (excludes halogenated alkanes) is 1. The lowest BCUT2D eigenvalue weighted by Gasteiger charge is -2.21. The van der Waals surface area contributed by atoms with E-state index in [1.807, 2.05) is 30.4 Å². The number of hydrogen-bond donors (Lipinski definition) is 3. The average Bonchev–Trinajstić information content (AvgIpc) is 3.19. The van der Waals surface area contributed by atoms with Gasteiger partial charge >= 0.3 is 5.97 Å². The summed E-state index contributed by atoms with van der Waals surface area (Å²) in [4.78, 5) is 11.7. The van der Waals surface area contributed by atoms with E-state index < -0.39 is 18.2 Å². The maximum absolute atomic E-state index is 10.6. The molecule has 1 aromatic heterocycles. The van der Waals surface area contributed by atoms with Crippen molar-refractivity contribution in [2.45, 2.75) is 63.5 Å². The van der Waals surface area contributed by atoms with E-state index in [1.54, 1.807) is 0 Å². The van der Waals surface area contributed by atoms with Crippen LogP contribution in [0.2, 0.25) is 10.7 Å². The summed E-state index contributed by atoms with van der Waals surface area (Å²) >= 11 is 11.0. The van der Waals surface area contributed by atoms with Crippen LogP contribution in [0, 0.1) is 17.8 Å². The van der Waals surface area contributed by atoms with E-state index in [9.17, 15) is 15.0 Å². The third-order valence-corrected chi connectivity index (χ3v) is 8.19. The number of carbonyl (C=O) groups is 1. The average molecular weight is 516 g/mol. The van der Waals surface area contributed by atoms with Gasteiger partial charge in [0.2, 0.25) is 0 Å². The molecule has 1 saturated carbocycles. The minimum atomic E-state index is -0.779. The molecule has 164 valence electrons. The molecule has 0 aromatic carbocycles. The zero-order valence-corrected chi connectivity index (χ0v) is 20.1. The first kappa shape index (κ1) is 25.7.